The van der Waals surface area contributed by atoms with E-state index >= 15 is 0 Å². The van der Waals surface area contributed by atoms with Crippen molar-refractivity contribution in [3.8, 4) is 6.07 Å². The maximum absolute atomic E-state index is 8.95. The molecular weight excluding hydrogens is 293 g/mol. The van der Waals surface area contributed by atoms with Crippen LogP contribution < -0.4 is 0 Å². The van der Waals surface area contributed by atoms with Crippen molar-refractivity contribution in [2.45, 2.75) is 6.92 Å². The highest BCUT2D eigenvalue weighted by molar-refractivity contribution is 14.1. The molecule has 1 aromatic heterocycles. The highest BCUT2D eigenvalue weighted by atomic mass is 127. The van der Waals surface area contributed by atoms with Gasteiger partial charge in [-0.25, -0.2) is 0 Å². The van der Waals surface area contributed by atoms with Crippen LogP contribution in [0.1, 0.15) is 11.1 Å². The lowest BCUT2D eigenvalue weighted by Gasteiger charge is -1.96. The molecule has 64 valence electrons. The Morgan fingerprint density at radius 2 is 2.23 bits per heavy atom. The molecule has 0 spiro atoms. The average molecular weight is 299 g/mol. The number of benzene rings is 1. The molecular formula is C10H6INS. The van der Waals surface area contributed by atoms with E-state index in [0.29, 0.717) is 0 Å². The third-order valence-corrected chi connectivity index (χ3v) is 3.61. The number of nitriles is 1. The third-order valence-electron chi connectivity index (χ3n) is 1.94. The van der Waals surface area contributed by atoms with Crippen molar-refractivity contribution in [3.05, 3.63) is 32.2 Å². The molecule has 0 amide bonds. The topological polar surface area (TPSA) is 23.8 Å². The van der Waals surface area contributed by atoms with E-state index in [-0.39, 0.29) is 0 Å². The molecule has 1 aromatic carbocycles. The summed E-state index contributed by atoms with van der Waals surface area (Å²) in [5, 5.41) is 12.2. The van der Waals surface area contributed by atoms with E-state index in [1.807, 2.05) is 13.0 Å². The number of hydrogen-bond acceptors (Lipinski definition) is 2. The van der Waals surface area contributed by atoms with Gasteiger partial charge in [-0.3, -0.25) is 0 Å². The zero-order valence-electron chi connectivity index (χ0n) is 6.97. The van der Waals surface area contributed by atoms with Gasteiger partial charge in [0.25, 0.3) is 0 Å². The molecule has 1 nitrogen and oxygen atoms in total. The van der Waals surface area contributed by atoms with Gasteiger partial charge in [0.1, 0.15) is 0 Å². The lowest BCUT2D eigenvalue weighted by Crippen LogP contribution is -1.80. The quantitative estimate of drug-likeness (QED) is 0.681. The molecule has 0 saturated heterocycles. The van der Waals surface area contributed by atoms with Gasteiger partial charge in [-0.15, -0.1) is 11.3 Å². The van der Waals surface area contributed by atoms with E-state index in [0.717, 1.165) is 14.5 Å². The Kier molecular flexibility index (Phi) is 2.26. The predicted molar refractivity (Wildman–Crippen MR) is 64.0 cm³/mol. The number of nitrogens with zero attached hydrogens (tertiary/aromatic N) is 1. The first kappa shape index (κ1) is 8.97. The fourth-order valence-electron chi connectivity index (χ4n) is 1.38. The molecule has 0 unspecified atom stereocenters. The maximum Gasteiger partial charge on any atom is 0.0998 e. The van der Waals surface area contributed by atoms with Gasteiger partial charge in [0.05, 0.1) is 11.6 Å². The lowest BCUT2D eigenvalue weighted by atomic mass is 10.1. The second-order valence-electron chi connectivity index (χ2n) is 2.86. The Morgan fingerprint density at radius 3 is 2.92 bits per heavy atom. The van der Waals surface area contributed by atoms with Crippen LogP contribution in [0.2, 0.25) is 0 Å². The van der Waals surface area contributed by atoms with Crippen molar-refractivity contribution in [2.24, 2.45) is 0 Å². The summed E-state index contributed by atoms with van der Waals surface area (Å²) in [5.74, 6) is 0. The van der Waals surface area contributed by atoms with E-state index in [2.05, 4.69) is 40.1 Å². The largest absolute Gasteiger partial charge is 0.192 e. The average Bonchev–Trinajstić information content (AvgIpc) is 2.46. The second kappa shape index (κ2) is 3.28. The van der Waals surface area contributed by atoms with Crippen LogP contribution >= 0.6 is 33.9 Å². The minimum absolute atomic E-state index is 0.792. The summed E-state index contributed by atoms with van der Waals surface area (Å²) in [7, 11) is 0. The highest BCUT2D eigenvalue weighted by Gasteiger charge is 2.06. The monoisotopic (exact) mass is 299 g/mol. The number of hydrogen-bond donors (Lipinski definition) is 0. The van der Waals surface area contributed by atoms with Gasteiger partial charge in [-0.1, -0.05) is 0 Å². The molecule has 3 heteroatoms. The van der Waals surface area contributed by atoms with Crippen LogP contribution in [0.4, 0.5) is 0 Å². The normalized spacial score (nSPS) is 10.2. The zero-order valence-corrected chi connectivity index (χ0v) is 9.94. The van der Waals surface area contributed by atoms with E-state index < -0.39 is 0 Å². The number of rotatable bonds is 0. The van der Waals surface area contributed by atoms with Gasteiger partial charge in [0, 0.05) is 13.7 Å². The second-order valence-corrected chi connectivity index (χ2v) is 5.01. The van der Waals surface area contributed by atoms with E-state index in [4.69, 9.17) is 5.26 Å². The van der Waals surface area contributed by atoms with Crippen molar-refractivity contribution in [3.63, 3.8) is 0 Å². The summed E-state index contributed by atoms with van der Waals surface area (Å²) in [6.45, 7) is 2.05. The molecule has 13 heavy (non-hydrogen) atoms. The maximum atomic E-state index is 8.95. The zero-order chi connectivity index (χ0) is 9.42. The van der Waals surface area contributed by atoms with Crippen molar-refractivity contribution in [1.82, 2.24) is 0 Å². The Balaban J connectivity index is 2.95. The minimum atomic E-state index is 0.792. The van der Waals surface area contributed by atoms with Crippen LogP contribution in [0.25, 0.3) is 10.1 Å². The van der Waals surface area contributed by atoms with Gasteiger partial charge >= 0.3 is 0 Å². The van der Waals surface area contributed by atoms with Crippen molar-refractivity contribution in [2.75, 3.05) is 0 Å². The molecule has 0 radical (unpaired) electrons. The van der Waals surface area contributed by atoms with Crippen molar-refractivity contribution >= 4 is 44.0 Å². The summed E-state index contributed by atoms with van der Waals surface area (Å²) < 4.78 is 2.34. The molecule has 0 aliphatic rings. The van der Waals surface area contributed by atoms with Crippen LogP contribution in [0.5, 0.6) is 0 Å². The SMILES string of the molecule is Cc1csc2cc(I)cc(C#N)c12. The van der Waals surface area contributed by atoms with Gasteiger partial charge in [-0.05, 0) is 52.6 Å². The number of aryl methyl sites for hydroxylation is 1. The van der Waals surface area contributed by atoms with Crippen LogP contribution in [0.15, 0.2) is 17.5 Å². The van der Waals surface area contributed by atoms with E-state index in [1.165, 1.54) is 10.3 Å². The number of halogens is 1. The van der Waals surface area contributed by atoms with E-state index in [9.17, 15) is 0 Å². The fourth-order valence-corrected chi connectivity index (χ4v) is 3.22. The van der Waals surface area contributed by atoms with Crippen LogP contribution in [0.3, 0.4) is 0 Å². The highest BCUT2D eigenvalue weighted by Crippen LogP contribution is 2.30. The van der Waals surface area contributed by atoms with Gasteiger partial charge in [0.15, 0.2) is 0 Å². The summed E-state index contributed by atoms with van der Waals surface area (Å²) in [5.41, 5.74) is 1.99. The Hall–Kier alpha value is -0.600. The van der Waals surface area contributed by atoms with Gasteiger partial charge < -0.3 is 0 Å². The Bertz CT molecular complexity index is 507. The molecule has 0 saturated carbocycles. The van der Waals surface area contributed by atoms with Crippen LogP contribution in [0, 0.1) is 21.8 Å². The molecule has 0 aliphatic heterocycles. The molecule has 0 atom stereocenters. The molecule has 0 aliphatic carbocycles. The molecule has 2 aromatic rings. The number of fused-ring (bicyclic) bond motifs is 1. The fraction of sp³-hybridized carbons (Fsp3) is 0.100. The lowest BCUT2D eigenvalue weighted by molar-refractivity contribution is 1.49. The Morgan fingerprint density at radius 1 is 1.46 bits per heavy atom. The predicted octanol–water partition coefficient (Wildman–Crippen LogP) is 3.69. The van der Waals surface area contributed by atoms with Crippen LogP contribution in [-0.4, -0.2) is 0 Å². The van der Waals surface area contributed by atoms with Gasteiger partial charge in [-0.2, -0.15) is 5.26 Å². The molecule has 1 heterocycles. The standard InChI is InChI=1S/C10H6INS/c1-6-5-13-9-3-8(11)2-7(4-12)10(6)9/h2-3,5H,1H3. The molecule has 0 bridgehead atoms. The van der Waals surface area contributed by atoms with E-state index in [1.54, 1.807) is 11.3 Å². The summed E-state index contributed by atoms with van der Waals surface area (Å²) in [6.07, 6.45) is 0. The minimum Gasteiger partial charge on any atom is -0.192 e. The van der Waals surface area contributed by atoms with Crippen molar-refractivity contribution < 1.29 is 0 Å². The molecule has 2 rings (SSSR count). The first-order valence-corrected chi connectivity index (χ1v) is 5.75. The first-order valence-electron chi connectivity index (χ1n) is 3.80. The summed E-state index contributed by atoms with van der Waals surface area (Å²) in [6, 6.07) is 6.29. The molecule has 0 fully saturated rings. The first-order chi connectivity index (χ1) is 6.22. The summed E-state index contributed by atoms with van der Waals surface area (Å²) >= 11 is 3.94. The molecule has 0 N–H and O–H groups in total. The van der Waals surface area contributed by atoms with Crippen LogP contribution in [-0.2, 0) is 0 Å². The summed E-state index contributed by atoms with van der Waals surface area (Å²) in [4.78, 5) is 0. The van der Waals surface area contributed by atoms with Crippen molar-refractivity contribution in [1.29, 1.82) is 5.26 Å². The third kappa shape index (κ3) is 1.45. The van der Waals surface area contributed by atoms with Gasteiger partial charge in [0.2, 0.25) is 0 Å². The number of thiophene rings is 1. The smallest absolute Gasteiger partial charge is 0.0998 e. The Labute approximate surface area is 94.1 Å².